The van der Waals surface area contributed by atoms with Crippen LogP contribution >= 0.6 is 11.6 Å². The van der Waals surface area contributed by atoms with Crippen molar-refractivity contribution in [1.29, 1.82) is 0 Å². The van der Waals surface area contributed by atoms with E-state index < -0.39 is 11.6 Å². The Labute approximate surface area is 117 Å². The smallest absolute Gasteiger partial charge is 0.150 e. The van der Waals surface area contributed by atoms with Crippen molar-refractivity contribution in [1.82, 2.24) is 5.32 Å². The Morgan fingerprint density at radius 2 is 2.11 bits per heavy atom. The first-order valence-corrected chi connectivity index (χ1v) is 6.99. The molecule has 1 saturated heterocycles. The van der Waals surface area contributed by atoms with Gasteiger partial charge in [0, 0.05) is 25.2 Å². The Bertz CT molecular complexity index is 428. The minimum Gasteiger partial charge on any atom is -0.366 e. The third-order valence-electron chi connectivity index (χ3n) is 3.53. The second-order valence-electron chi connectivity index (χ2n) is 5.32. The molecule has 1 atom stereocenters. The maximum absolute atomic E-state index is 14.0. The Hall–Kier alpha value is -0.870. The number of hydrogen-bond donors (Lipinski definition) is 1. The average molecular weight is 289 g/mol. The molecule has 0 radical (unpaired) electrons. The minimum atomic E-state index is -0.639. The second kappa shape index (κ2) is 6.06. The Morgan fingerprint density at radius 3 is 2.74 bits per heavy atom. The molecule has 2 nitrogen and oxygen atoms in total. The van der Waals surface area contributed by atoms with Crippen LogP contribution in [0, 0.1) is 17.6 Å². The molecular weight excluding hydrogens is 270 g/mol. The van der Waals surface area contributed by atoms with E-state index in [1.807, 2.05) is 4.90 Å². The topological polar surface area (TPSA) is 15.3 Å². The summed E-state index contributed by atoms with van der Waals surface area (Å²) >= 11 is 6.01. The summed E-state index contributed by atoms with van der Waals surface area (Å²) in [7, 11) is 0. The van der Waals surface area contributed by atoms with E-state index in [4.69, 9.17) is 11.6 Å². The fraction of sp³-hybridized carbons (Fsp3) is 0.571. The Balaban J connectivity index is 2.29. The molecule has 1 aromatic rings. The van der Waals surface area contributed by atoms with Crippen molar-refractivity contribution in [3.05, 3.63) is 28.8 Å². The van der Waals surface area contributed by atoms with Crippen molar-refractivity contribution in [2.24, 2.45) is 5.92 Å². The fourth-order valence-electron chi connectivity index (χ4n) is 2.44. The van der Waals surface area contributed by atoms with Crippen molar-refractivity contribution in [3.8, 4) is 0 Å². The van der Waals surface area contributed by atoms with Crippen LogP contribution in [0.2, 0.25) is 5.02 Å². The minimum absolute atomic E-state index is 0.141. The summed E-state index contributed by atoms with van der Waals surface area (Å²) in [6.45, 7) is 6.56. The van der Waals surface area contributed by atoms with Crippen molar-refractivity contribution in [2.45, 2.75) is 26.3 Å². The molecule has 0 bridgehead atoms. The Morgan fingerprint density at radius 1 is 1.37 bits per heavy atom. The molecule has 0 aromatic heterocycles. The molecule has 1 aliphatic rings. The van der Waals surface area contributed by atoms with E-state index in [0.29, 0.717) is 18.2 Å². The van der Waals surface area contributed by atoms with E-state index in [-0.39, 0.29) is 11.1 Å². The number of rotatable bonds is 2. The van der Waals surface area contributed by atoms with Crippen LogP contribution in [-0.2, 0) is 0 Å². The largest absolute Gasteiger partial charge is 0.366 e. The fourth-order valence-corrected chi connectivity index (χ4v) is 2.75. The lowest BCUT2D eigenvalue weighted by Crippen LogP contribution is -2.41. The molecule has 1 fully saturated rings. The SMILES string of the molecule is CC(C)C1CN(c2c(F)cc(F)cc2Cl)CCCN1. The van der Waals surface area contributed by atoms with Gasteiger partial charge in [0.1, 0.15) is 5.82 Å². The first-order valence-electron chi connectivity index (χ1n) is 6.62. The lowest BCUT2D eigenvalue weighted by Gasteiger charge is -2.29. The molecule has 1 heterocycles. The molecule has 0 amide bonds. The highest BCUT2D eigenvalue weighted by atomic mass is 35.5. The van der Waals surface area contributed by atoms with Crippen molar-refractivity contribution < 1.29 is 8.78 Å². The van der Waals surface area contributed by atoms with Gasteiger partial charge in [-0.05, 0) is 24.9 Å². The third-order valence-corrected chi connectivity index (χ3v) is 3.82. The summed E-state index contributed by atoms with van der Waals surface area (Å²) in [5.41, 5.74) is 0.317. The van der Waals surface area contributed by atoms with E-state index in [1.165, 1.54) is 6.07 Å². The van der Waals surface area contributed by atoms with E-state index in [1.54, 1.807) is 0 Å². The van der Waals surface area contributed by atoms with Gasteiger partial charge in [-0.2, -0.15) is 0 Å². The van der Waals surface area contributed by atoms with Crippen LogP contribution in [-0.4, -0.2) is 25.7 Å². The van der Waals surface area contributed by atoms with Gasteiger partial charge in [0.05, 0.1) is 10.7 Å². The molecule has 1 N–H and O–H groups in total. The summed E-state index contributed by atoms with van der Waals surface area (Å²) < 4.78 is 27.1. The van der Waals surface area contributed by atoms with Crippen LogP contribution in [0.1, 0.15) is 20.3 Å². The van der Waals surface area contributed by atoms with Gasteiger partial charge in [0.2, 0.25) is 0 Å². The molecule has 5 heteroatoms. The zero-order valence-electron chi connectivity index (χ0n) is 11.2. The molecule has 1 aromatic carbocycles. The van der Waals surface area contributed by atoms with E-state index in [0.717, 1.165) is 25.6 Å². The van der Waals surface area contributed by atoms with E-state index in [2.05, 4.69) is 19.2 Å². The Kier molecular flexibility index (Phi) is 4.63. The first kappa shape index (κ1) is 14.5. The van der Waals surface area contributed by atoms with E-state index in [9.17, 15) is 8.78 Å². The van der Waals surface area contributed by atoms with Gasteiger partial charge in [-0.25, -0.2) is 8.78 Å². The summed E-state index contributed by atoms with van der Waals surface area (Å²) in [5.74, 6) is -0.781. The normalized spacial score (nSPS) is 20.7. The summed E-state index contributed by atoms with van der Waals surface area (Å²) in [4.78, 5) is 1.92. The van der Waals surface area contributed by atoms with Gasteiger partial charge in [-0.15, -0.1) is 0 Å². The van der Waals surface area contributed by atoms with Gasteiger partial charge in [0.15, 0.2) is 5.82 Å². The zero-order valence-corrected chi connectivity index (χ0v) is 12.0. The van der Waals surface area contributed by atoms with Gasteiger partial charge < -0.3 is 10.2 Å². The lowest BCUT2D eigenvalue weighted by atomic mass is 10.0. The summed E-state index contributed by atoms with van der Waals surface area (Å²) in [6.07, 6.45) is 0.913. The van der Waals surface area contributed by atoms with Gasteiger partial charge in [-0.1, -0.05) is 25.4 Å². The van der Waals surface area contributed by atoms with Crippen molar-refractivity contribution in [2.75, 3.05) is 24.5 Å². The molecule has 0 saturated carbocycles. The highest BCUT2D eigenvalue weighted by Gasteiger charge is 2.24. The predicted octanol–water partition coefficient (Wildman–Crippen LogP) is 3.44. The number of nitrogens with one attached hydrogen (secondary N) is 1. The molecule has 0 aliphatic carbocycles. The van der Waals surface area contributed by atoms with Crippen LogP contribution in [0.4, 0.5) is 14.5 Å². The van der Waals surface area contributed by atoms with Gasteiger partial charge in [-0.3, -0.25) is 0 Å². The van der Waals surface area contributed by atoms with Crippen LogP contribution in [0.3, 0.4) is 0 Å². The second-order valence-corrected chi connectivity index (χ2v) is 5.73. The summed E-state index contributed by atoms with van der Waals surface area (Å²) in [6, 6.07) is 2.34. The molecule has 1 unspecified atom stereocenters. The maximum atomic E-state index is 14.0. The van der Waals surface area contributed by atoms with E-state index >= 15 is 0 Å². The lowest BCUT2D eigenvalue weighted by molar-refractivity contribution is 0.419. The average Bonchev–Trinajstić information content (AvgIpc) is 2.53. The van der Waals surface area contributed by atoms with Crippen LogP contribution in [0.15, 0.2) is 12.1 Å². The number of anilines is 1. The first-order chi connectivity index (χ1) is 8.99. The third kappa shape index (κ3) is 3.37. The number of nitrogens with zero attached hydrogens (tertiary/aromatic N) is 1. The molecule has 2 rings (SSSR count). The highest BCUT2D eigenvalue weighted by Crippen LogP contribution is 2.31. The number of hydrogen-bond acceptors (Lipinski definition) is 2. The standard InChI is InChI=1S/C14H19ClF2N2/c1-9(2)13-8-19(5-3-4-18-13)14-11(15)6-10(16)7-12(14)17/h6-7,9,13,18H,3-5,8H2,1-2H3. The zero-order chi connectivity index (χ0) is 14.0. The van der Waals surface area contributed by atoms with Crippen LogP contribution < -0.4 is 10.2 Å². The molecule has 106 valence electrons. The van der Waals surface area contributed by atoms with Gasteiger partial charge >= 0.3 is 0 Å². The quantitative estimate of drug-likeness (QED) is 0.897. The van der Waals surface area contributed by atoms with Crippen LogP contribution in [0.5, 0.6) is 0 Å². The number of benzene rings is 1. The molecular formula is C14H19ClF2N2. The van der Waals surface area contributed by atoms with Crippen molar-refractivity contribution >= 4 is 17.3 Å². The van der Waals surface area contributed by atoms with Crippen LogP contribution in [0.25, 0.3) is 0 Å². The predicted molar refractivity (Wildman–Crippen MR) is 74.8 cm³/mol. The van der Waals surface area contributed by atoms with Crippen molar-refractivity contribution in [3.63, 3.8) is 0 Å². The summed E-state index contributed by atoms with van der Waals surface area (Å²) in [5, 5.41) is 3.59. The van der Waals surface area contributed by atoms with Gasteiger partial charge in [0.25, 0.3) is 0 Å². The molecule has 0 spiro atoms. The highest BCUT2D eigenvalue weighted by molar-refractivity contribution is 6.33. The molecule has 19 heavy (non-hydrogen) atoms. The number of halogens is 3. The monoisotopic (exact) mass is 288 g/mol. The molecule has 1 aliphatic heterocycles. The maximum Gasteiger partial charge on any atom is 0.150 e.